The molecule has 1 aliphatic rings. The first kappa shape index (κ1) is 36.5. The molecule has 1 aliphatic carbocycles. The van der Waals surface area contributed by atoms with Gasteiger partial charge in [-0.2, -0.15) is 13.2 Å². The summed E-state index contributed by atoms with van der Waals surface area (Å²) in [5.41, 5.74) is -0.266. The number of aliphatic hydroxyl groups is 2. The van der Waals surface area contributed by atoms with E-state index in [2.05, 4.69) is 5.32 Å². The highest BCUT2D eigenvalue weighted by Gasteiger charge is 2.41. The summed E-state index contributed by atoms with van der Waals surface area (Å²) in [5, 5.41) is 24.1. The minimum absolute atomic E-state index is 0.0810. The maximum atomic E-state index is 14.1. The summed E-state index contributed by atoms with van der Waals surface area (Å²) in [5.74, 6) is -1.05. The number of methoxy groups -OCH3 is 1. The number of rotatable bonds is 11. The third kappa shape index (κ3) is 8.76. The van der Waals surface area contributed by atoms with Crippen molar-refractivity contribution in [2.24, 2.45) is 0 Å². The van der Waals surface area contributed by atoms with Gasteiger partial charge in [-0.3, -0.25) is 14.4 Å². The quantitative estimate of drug-likeness (QED) is 0.168. The number of carbonyl (C=O) groups is 3. The molecule has 0 bridgehead atoms. The molecule has 0 heterocycles. The van der Waals surface area contributed by atoms with Crippen molar-refractivity contribution in [3.05, 3.63) is 102 Å². The standard InChI is InChI=1S/C32H28Cl2F3IN2O7/c1-46-27-11-17(16-42)10-24(38)29(27)47-26-13-20(30(44)39-8-9-41)12-25(28(26)43)40(15-19-4-7-22(33)14-23(19)34)31(45)18-2-5-21(6-3-18)32(35,36)37/h2-7,10-11,13-14,16,25-26,28,41,43H,8-9,12,15H2,1H3,(H,39,44)/t25-,26+,28+/m1/s1. The van der Waals surface area contributed by atoms with Gasteiger partial charge in [-0.25, -0.2) is 0 Å². The number of nitrogens with zero attached hydrogens (tertiary/aromatic N) is 1. The lowest BCUT2D eigenvalue weighted by atomic mass is 9.87. The largest absolute Gasteiger partial charge is 0.493 e. The maximum absolute atomic E-state index is 14.1. The lowest BCUT2D eigenvalue weighted by Crippen LogP contribution is -2.54. The average molecular weight is 807 g/mol. The second-order valence-electron chi connectivity index (χ2n) is 10.4. The number of hydrogen-bond donors (Lipinski definition) is 3. The van der Waals surface area contributed by atoms with E-state index in [0.29, 0.717) is 26.0 Å². The Hall–Kier alpha value is -3.37. The molecule has 9 nitrogen and oxygen atoms in total. The Morgan fingerprint density at radius 1 is 1.13 bits per heavy atom. The zero-order chi connectivity index (χ0) is 34.5. The van der Waals surface area contributed by atoms with Gasteiger partial charge >= 0.3 is 6.18 Å². The van der Waals surface area contributed by atoms with Crippen molar-refractivity contribution in [3.63, 3.8) is 0 Å². The first-order chi connectivity index (χ1) is 22.3. The fourth-order valence-corrected chi connectivity index (χ4v) is 6.20. The molecule has 0 aliphatic heterocycles. The van der Waals surface area contributed by atoms with Crippen molar-refractivity contribution in [1.82, 2.24) is 10.2 Å². The van der Waals surface area contributed by atoms with E-state index < -0.39 is 41.8 Å². The molecule has 0 fully saturated rings. The molecule has 3 aromatic rings. The van der Waals surface area contributed by atoms with Crippen LogP contribution in [0.25, 0.3) is 0 Å². The topological polar surface area (TPSA) is 125 Å². The summed E-state index contributed by atoms with van der Waals surface area (Å²) in [6.07, 6.45) is -5.60. The average Bonchev–Trinajstić information content (AvgIpc) is 3.04. The van der Waals surface area contributed by atoms with Gasteiger partial charge in [0.25, 0.3) is 5.91 Å². The summed E-state index contributed by atoms with van der Waals surface area (Å²) < 4.78 is 51.9. The van der Waals surface area contributed by atoms with E-state index in [1.54, 1.807) is 6.07 Å². The molecule has 0 radical (unpaired) electrons. The number of aliphatic hydroxyl groups excluding tert-OH is 2. The van der Waals surface area contributed by atoms with Crippen molar-refractivity contribution < 1.29 is 47.2 Å². The van der Waals surface area contributed by atoms with Gasteiger partial charge in [0.1, 0.15) is 18.5 Å². The Bertz CT molecular complexity index is 1670. The molecule has 3 N–H and O–H groups in total. The lowest BCUT2D eigenvalue weighted by Gasteiger charge is -2.41. The van der Waals surface area contributed by atoms with Crippen LogP contribution in [0.5, 0.6) is 11.5 Å². The number of aldehydes is 1. The van der Waals surface area contributed by atoms with Crippen LogP contribution in [-0.2, 0) is 17.5 Å². The molecular formula is C32H28Cl2F3IN2O7. The Balaban J connectivity index is 1.81. The van der Waals surface area contributed by atoms with Crippen LogP contribution in [-0.4, -0.2) is 71.7 Å². The van der Waals surface area contributed by atoms with Crippen LogP contribution in [0.2, 0.25) is 10.0 Å². The fraction of sp³-hybridized carbons (Fsp3) is 0.281. The van der Waals surface area contributed by atoms with Gasteiger partial charge in [-0.1, -0.05) is 29.3 Å². The molecule has 15 heteroatoms. The number of carbonyl (C=O) groups excluding carboxylic acids is 3. The number of benzene rings is 3. The van der Waals surface area contributed by atoms with E-state index in [1.165, 1.54) is 42.4 Å². The van der Waals surface area contributed by atoms with Gasteiger partial charge in [0, 0.05) is 46.3 Å². The van der Waals surface area contributed by atoms with Crippen LogP contribution in [0, 0.1) is 3.57 Å². The van der Waals surface area contributed by atoms with E-state index >= 15 is 0 Å². The molecule has 47 heavy (non-hydrogen) atoms. The second-order valence-corrected chi connectivity index (χ2v) is 12.4. The molecule has 2 amide bonds. The number of halogens is 6. The summed E-state index contributed by atoms with van der Waals surface area (Å²) in [4.78, 5) is 39.9. The normalized spacial score (nSPS) is 17.8. The molecule has 4 rings (SSSR count). The molecule has 0 unspecified atom stereocenters. The van der Waals surface area contributed by atoms with E-state index in [4.69, 9.17) is 32.7 Å². The van der Waals surface area contributed by atoms with Gasteiger partial charge in [-0.15, -0.1) is 0 Å². The van der Waals surface area contributed by atoms with Crippen molar-refractivity contribution in [2.45, 2.75) is 37.4 Å². The Labute approximate surface area is 291 Å². The van der Waals surface area contributed by atoms with E-state index in [-0.39, 0.29) is 53.8 Å². The summed E-state index contributed by atoms with van der Waals surface area (Å²) in [6.45, 7) is -0.663. The van der Waals surface area contributed by atoms with Gasteiger partial charge in [0.15, 0.2) is 11.5 Å². The van der Waals surface area contributed by atoms with Crippen molar-refractivity contribution in [3.8, 4) is 11.5 Å². The van der Waals surface area contributed by atoms with Crippen molar-refractivity contribution in [2.75, 3.05) is 20.3 Å². The molecule has 3 aromatic carbocycles. The molecule has 0 saturated carbocycles. The zero-order valence-corrected chi connectivity index (χ0v) is 28.2. The second kappa shape index (κ2) is 15.7. The van der Waals surface area contributed by atoms with Crippen molar-refractivity contribution >= 4 is 63.9 Å². The van der Waals surface area contributed by atoms with Gasteiger partial charge in [-0.05, 0) is 82.8 Å². The first-order valence-electron chi connectivity index (χ1n) is 14.0. The van der Waals surface area contributed by atoms with Gasteiger partial charge in [0.05, 0.1) is 28.9 Å². The molecule has 250 valence electrons. The maximum Gasteiger partial charge on any atom is 0.416 e. The zero-order valence-electron chi connectivity index (χ0n) is 24.6. The predicted molar refractivity (Wildman–Crippen MR) is 176 cm³/mol. The van der Waals surface area contributed by atoms with Crippen LogP contribution in [0.1, 0.15) is 38.3 Å². The Morgan fingerprint density at radius 3 is 2.43 bits per heavy atom. The van der Waals surface area contributed by atoms with Crippen LogP contribution in [0.3, 0.4) is 0 Å². The monoisotopic (exact) mass is 806 g/mol. The number of ether oxygens (including phenoxy) is 2. The Kier molecular flexibility index (Phi) is 12.2. The first-order valence-corrected chi connectivity index (χ1v) is 15.8. The highest BCUT2D eigenvalue weighted by molar-refractivity contribution is 14.1. The number of alkyl halides is 3. The third-order valence-corrected chi connectivity index (χ3v) is 8.72. The summed E-state index contributed by atoms with van der Waals surface area (Å²) in [6, 6.07) is 9.92. The minimum atomic E-state index is -4.63. The van der Waals surface area contributed by atoms with Crippen LogP contribution in [0.15, 0.2) is 66.2 Å². The summed E-state index contributed by atoms with van der Waals surface area (Å²) >= 11 is 14.4. The lowest BCUT2D eigenvalue weighted by molar-refractivity contribution is -0.137. The van der Waals surface area contributed by atoms with Crippen LogP contribution in [0.4, 0.5) is 13.2 Å². The SMILES string of the molecule is COc1cc(C=O)cc(I)c1O[C@H]1C=C(C(=O)NCCO)C[C@@H](N(Cc2ccc(Cl)cc2Cl)C(=O)c2ccc(C(F)(F)F)cc2)[C@@H]1O. The summed E-state index contributed by atoms with van der Waals surface area (Å²) in [7, 11) is 1.36. The number of nitrogens with one attached hydrogen (secondary N) is 1. The van der Waals surface area contributed by atoms with E-state index in [0.717, 1.165) is 24.3 Å². The number of hydrogen-bond acceptors (Lipinski definition) is 7. The van der Waals surface area contributed by atoms with Crippen molar-refractivity contribution in [1.29, 1.82) is 0 Å². The molecular weight excluding hydrogens is 779 g/mol. The predicted octanol–water partition coefficient (Wildman–Crippen LogP) is 5.70. The van der Waals surface area contributed by atoms with Gasteiger partial charge in [0.2, 0.25) is 5.91 Å². The smallest absolute Gasteiger partial charge is 0.416 e. The minimum Gasteiger partial charge on any atom is -0.493 e. The van der Waals surface area contributed by atoms with E-state index in [1.807, 2.05) is 22.6 Å². The number of amides is 2. The molecule has 0 saturated heterocycles. The fourth-order valence-electron chi connectivity index (χ4n) is 4.98. The molecule has 0 aromatic heterocycles. The van der Waals surface area contributed by atoms with Gasteiger partial charge < -0.3 is 29.9 Å². The third-order valence-electron chi connectivity index (χ3n) is 7.33. The molecule has 0 spiro atoms. The highest BCUT2D eigenvalue weighted by Crippen LogP contribution is 2.38. The van der Waals surface area contributed by atoms with Crippen LogP contribution < -0.4 is 14.8 Å². The molecule has 3 atom stereocenters. The van der Waals surface area contributed by atoms with E-state index in [9.17, 15) is 37.8 Å². The van der Waals surface area contributed by atoms with Crippen LogP contribution >= 0.6 is 45.8 Å². The Morgan fingerprint density at radius 2 is 1.83 bits per heavy atom. The highest BCUT2D eigenvalue weighted by atomic mass is 127.